The van der Waals surface area contributed by atoms with Crippen molar-refractivity contribution in [3.63, 3.8) is 0 Å². The molecule has 0 aromatic carbocycles. The summed E-state index contributed by atoms with van der Waals surface area (Å²) in [6, 6.07) is 0. The maximum Gasteiger partial charge on any atom is 0.311 e. The molecule has 0 rings (SSSR count). The molecule has 0 aromatic heterocycles. The van der Waals surface area contributed by atoms with Gasteiger partial charge in [0.15, 0.2) is 0 Å². The molecule has 0 amide bonds. The predicted molar refractivity (Wildman–Crippen MR) is 121 cm³/mol. The van der Waals surface area contributed by atoms with Gasteiger partial charge in [0.05, 0.1) is 23.4 Å². The van der Waals surface area contributed by atoms with Gasteiger partial charge in [0.1, 0.15) is 6.61 Å². The maximum absolute atomic E-state index is 12.7. The lowest BCUT2D eigenvalue weighted by Crippen LogP contribution is -2.41. The molecule has 0 aliphatic rings. The number of esters is 2. The van der Waals surface area contributed by atoms with Crippen molar-refractivity contribution >= 4 is 17.9 Å². The number of carboxylic acids is 1. The molecule has 2 atom stereocenters. The van der Waals surface area contributed by atoms with Crippen LogP contribution in [0.3, 0.4) is 0 Å². The summed E-state index contributed by atoms with van der Waals surface area (Å²) in [5, 5.41) is 9.22. The van der Waals surface area contributed by atoms with E-state index in [0.29, 0.717) is 6.54 Å². The highest BCUT2D eigenvalue weighted by molar-refractivity contribution is 5.81. The third-order valence-corrected chi connectivity index (χ3v) is 4.10. The molecular weight excluding hydrogens is 374 g/mol. The minimum atomic E-state index is -1.10. The number of rotatable bonds is 11. The molecular formula is C22H49NO6. The average molecular weight is 424 g/mol. The number of carbonyl (C=O) groups is 3. The second-order valence-electron chi connectivity index (χ2n) is 7.72. The van der Waals surface area contributed by atoms with E-state index in [-0.39, 0.29) is 55.8 Å². The first kappa shape index (κ1) is 38.0. The van der Waals surface area contributed by atoms with Gasteiger partial charge in [-0.2, -0.15) is 0 Å². The lowest BCUT2D eigenvalue weighted by molar-refractivity contribution is -0.164. The lowest BCUT2D eigenvalue weighted by atomic mass is 9.70. The number of hydrogen-bond acceptors (Lipinski definition) is 6. The molecule has 0 bridgehead atoms. The van der Waals surface area contributed by atoms with Gasteiger partial charge in [-0.1, -0.05) is 36.6 Å². The highest BCUT2D eigenvalue weighted by Gasteiger charge is 2.45. The fraction of sp³-hybridized carbons (Fsp3) is 0.864. The fourth-order valence-corrected chi connectivity index (χ4v) is 2.86. The van der Waals surface area contributed by atoms with Gasteiger partial charge < -0.3 is 19.5 Å². The van der Waals surface area contributed by atoms with Crippen LogP contribution >= 0.6 is 0 Å². The molecule has 0 saturated heterocycles. The summed E-state index contributed by atoms with van der Waals surface area (Å²) < 4.78 is 10.4. The molecule has 7 nitrogen and oxygen atoms in total. The van der Waals surface area contributed by atoms with E-state index in [9.17, 15) is 19.5 Å². The molecule has 0 aromatic rings. The van der Waals surface area contributed by atoms with Crippen LogP contribution in [0, 0.1) is 16.7 Å². The summed E-state index contributed by atoms with van der Waals surface area (Å²) in [5.74, 6) is -2.62. The molecule has 0 aliphatic carbocycles. The maximum atomic E-state index is 12.7. The van der Waals surface area contributed by atoms with Gasteiger partial charge in [0.25, 0.3) is 0 Å². The number of hydrogen-bond donors (Lipinski definition) is 1. The highest BCUT2D eigenvalue weighted by atomic mass is 16.5. The second-order valence-corrected chi connectivity index (χ2v) is 7.72. The van der Waals surface area contributed by atoms with E-state index in [1.807, 2.05) is 19.0 Å². The smallest absolute Gasteiger partial charge is 0.311 e. The average Bonchev–Trinajstić information content (AvgIpc) is 2.45. The zero-order valence-corrected chi connectivity index (χ0v) is 16.5. The van der Waals surface area contributed by atoms with E-state index in [1.54, 1.807) is 34.6 Å². The normalized spacial score (nSPS) is 13.2. The molecule has 29 heavy (non-hydrogen) atoms. The molecule has 1 N–H and O–H groups in total. The minimum Gasteiger partial charge on any atom is -0.481 e. The summed E-state index contributed by atoms with van der Waals surface area (Å²) in [7, 11) is 3.73. The monoisotopic (exact) mass is 423 g/mol. The Morgan fingerprint density at radius 2 is 1.45 bits per heavy atom. The number of carboxylic acid groups (broad SMARTS) is 1. The summed E-state index contributed by atoms with van der Waals surface area (Å²) in [6.45, 7) is 9.34. The summed E-state index contributed by atoms with van der Waals surface area (Å²) in [5.41, 5.74) is -2.02. The minimum absolute atomic E-state index is 0. The number of carbonyl (C=O) groups excluding carboxylic acids is 2. The van der Waals surface area contributed by atoms with Crippen LogP contribution in [0.15, 0.2) is 0 Å². The Balaban J connectivity index is -0.000000480. The van der Waals surface area contributed by atoms with Gasteiger partial charge in [0.2, 0.25) is 0 Å². The Morgan fingerprint density at radius 3 is 1.83 bits per heavy atom. The van der Waals surface area contributed by atoms with Gasteiger partial charge in [-0.05, 0) is 54.6 Å². The molecule has 2 unspecified atom stereocenters. The zero-order valence-electron chi connectivity index (χ0n) is 16.5. The molecule has 0 radical (unpaired) electrons. The Kier molecular flexibility index (Phi) is 21.2. The van der Waals surface area contributed by atoms with Crippen molar-refractivity contribution in [1.29, 1.82) is 0 Å². The second kappa shape index (κ2) is 16.2. The van der Waals surface area contributed by atoms with Crippen molar-refractivity contribution < 1.29 is 29.0 Å². The SMILES string of the molecule is C.C.C.C.CCOC(=O)C(C)(C)CC(C)(CC(C)C(=O)O)C(=O)OCCN(C)C. The van der Waals surface area contributed by atoms with Crippen LogP contribution in [-0.2, 0) is 23.9 Å². The first-order chi connectivity index (χ1) is 11.4. The zero-order chi connectivity index (χ0) is 19.8. The van der Waals surface area contributed by atoms with Crippen LogP contribution < -0.4 is 0 Å². The highest BCUT2D eigenvalue weighted by Crippen LogP contribution is 2.40. The fourth-order valence-electron chi connectivity index (χ4n) is 2.86. The van der Waals surface area contributed by atoms with Crippen molar-refractivity contribution in [1.82, 2.24) is 4.90 Å². The van der Waals surface area contributed by atoms with Crippen LogP contribution in [0.2, 0.25) is 0 Å². The standard InChI is InChI=1S/C18H33NO6.4CH4/c1-8-24-15(22)17(3,4)12-18(5,11-13(2)14(20)21)16(23)25-10-9-19(6)7;;;;/h13H,8-12H2,1-7H3,(H,20,21);4*1H4. The molecule has 178 valence electrons. The van der Waals surface area contributed by atoms with Crippen molar-refractivity contribution in [2.75, 3.05) is 33.9 Å². The Labute approximate surface area is 180 Å². The molecule has 0 saturated carbocycles. The van der Waals surface area contributed by atoms with Crippen LogP contribution in [0.1, 0.15) is 77.2 Å². The Hall–Kier alpha value is -1.63. The van der Waals surface area contributed by atoms with Crippen LogP contribution in [0.5, 0.6) is 0 Å². The number of likely N-dealkylation sites (N-methyl/N-ethyl adjacent to an activating group) is 1. The Morgan fingerprint density at radius 1 is 0.966 bits per heavy atom. The van der Waals surface area contributed by atoms with Gasteiger partial charge >= 0.3 is 17.9 Å². The predicted octanol–water partition coefficient (Wildman–Crippen LogP) is 4.73. The van der Waals surface area contributed by atoms with E-state index in [2.05, 4.69) is 0 Å². The largest absolute Gasteiger partial charge is 0.481 e. The van der Waals surface area contributed by atoms with Crippen LogP contribution in [-0.4, -0.2) is 61.8 Å². The number of nitrogens with zero attached hydrogens (tertiary/aromatic N) is 1. The quantitative estimate of drug-likeness (QED) is 0.480. The van der Waals surface area contributed by atoms with Gasteiger partial charge in [-0.25, -0.2) is 0 Å². The molecule has 0 aliphatic heterocycles. The summed E-state index contributed by atoms with van der Waals surface area (Å²) in [6.07, 6.45) is 0.239. The van der Waals surface area contributed by atoms with Crippen molar-refractivity contribution in [2.24, 2.45) is 16.7 Å². The molecule has 0 fully saturated rings. The summed E-state index contributed by atoms with van der Waals surface area (Å²) in [4.78, 5) is 38.0. The summed E-state index contributed by atoms with van der Waals surface area (Å²) >= 11 is 0. The van der Waals surface area contributed by atoms with Gasteiger partial charge in [-0.15, -0.1) is 0 Å². The van der Waals surface area contributed by atoms with E-state index >= 15 is 0 Å². The van der Waals surface area contributed by atoms with E-state index in [4.69, 9.17) is 9.47 Å². The first-order valence-corrected chi connectivity index (χ1v) is 8.57. The number of aliphatic carboxylic acids is 1. The van der Waals surface area contributed by atoms with Crippen LogP contribution in [0.25, 0.3) is 0 Å². The van der Waals surface area contributed by atoms with Crippen molar-refractivity contribution in [2.45, 2.75) is 77.2 Å². The van der Waals surface area contributed by atoms with E-state index in [1.165, 1.54) is 0 Å². The number of ether oxygens (including phenoxy) is 2. The molecule has 7 heteroatoms. The van der Waals surface area contributed by atoms with Crippen molar-refractivity contribution in [3.05, 3.63) is 0 Å². The first-order valence-electron chi connectivity index (χ1n) is 8.57. The lowest BCUT2D eigenvalue weighted by Gasteiger charge is -2.35. The third kappa shape index (κ3) is 13.3. The molecule has 0 spiro atoms. The van der Waals surface area contributed by atoms with Gasteiger partial charge in [0, 0.05) is 6.54 Å². The van der Waals surface area contributed by atoms with Crippen LogP contribution in [0.4, 0.5) is 0 Å². The van der Waals surface area contributed by atoms with E-state index in [0.717, 1.165) is 0 Å². The van der Waals surface area contributed by atoms with Crippen molar-refractivity contribution in [3.8, 4) is 0 Å². The molecule has 0 heterocycles. The third-order valence-electron chi connectivity index (χ3n) is 4.10. The van der Waals surface area contributed by atoms with Gasteiger partial charge in [-0.3, -0.25) is 14.4 Å². The topological polar surface area (TPSA) is 93.1 Å². The van der Waals surface area contributed by atoms with E-state index < -0.39 is 34.7 Å². The Bertz CT molecular complexity index is 476.